The Hall–Kier alpha value is -2.54. The predicted octanol–water partition coefficient (Wildman–Crippen LogP) is 3.88. The van der Waals surface area contributed by atoms with Crippen LogP contribution in [0.3, 0.4) is 0 Å². The van der Waals surface area contributed by atoms with E-state index in [0.29, 0.717) is 11.4 Å². The summed E-state index contributed by atoms with van der Waals surface area (Å²) in [7, 11) is 1.52. The fourth-order valence-electron chi connectivity index (χ4n) is 2.62. The number of rotatable bonds is 4. The molecule has 6 nitrogen and oxygen atoms in total. The van der Waals surface area contributed by atoms with Crippen molar-refractivity contribution in [3.8, 4) is 5.75 Å². The molecule has 0 saturated heterocycles. The molecule has 0 radical (unpaired) electrons. The molecule has 2 N–H and O–H groups in total. The molecule has 9 heteroatoms. The van der Waals surface area contributed by atoms with Gasteiger partial charge in [0.15, 0.2) is 0 Å². The molecule has 0 unspecified atom stereocenters. The highest BCUT2D eigenvalue weighted by atomic mass is 35.6. The number of methoxy groups -OCH3 is 1. The van der Waals surface area contributed by atoms with Gasteiger partial charge >= 0.3 is 0 Å². The third-order valence-corrected chi connectivity index (χ3v) is 4.49. The molecule has 1 amide bonds. The molecule has 0 spiro atoms. The molecule has 28 heavy (non-hydrogen) atoms. The average Bonchev–Trinajstić information content (AvgIpc) is 2.68. The number of allylic oxidation sites excluding steroid dienone is 2. The zero-order valence-electron chi connectivity index (χ0n) is 14.4. The van der Waals surface area contributed by atoms with Gasteiger partial charge in [-0.25, -0.2) is 0 Å². The molecule has 0 aliphatic heterocycles. The Labute approximate surface area is 175 Å². The number of carbonyl (C=O) groups excluding carboxylic acids is 3. The van der Waals surface area contributed by atoms with Crippen molar-refractivity contribution in [2.75, 3.05) is 12.4 Å². The van der Waals surface area contributed by atoms with Gasteiger partial charge in [-0.2, -0.15) is 0 Å². The number of nitrogens with one attached hydrogen (secondary N) is 2. The molecule has 3 rings (SSSR count). The number of Topliss-reactive ketones (excluding diaryl/α,β-unsaturated/α-hetero) is 2. The summed E-state index contributed by atoms with van der Waals surface area (Å²) in [6.07, 6.45) is 0. The van der Waals surface area contributed by atoms with E-state index >= 15 is 0 Å². The second-order valence-corrected chi connectivity index (χ2v) is 8.04. The largest absolute Gasteiger partial charge is 0.497 e. The number of benzene rings is 2. The van der Waals surface area contributed by atoms with E-state index in [2.05, 4.69) is 10.6 Å². The predicted molar refractivity (Wildman–Crippen MR) is 107 cm³/mol. The van der Waals surface area contributed by atoms with Crippen molar-refractivity contribution in [3.05, 3.63) is 71.1 Å². The standard InChI is InChI=1S/C19H13Cl3N2O4/c1-28-11-8-6-10(7-9-11)23-14-15(24-18(27)19(20,21)22)17(26)13-5-3-2-4-12(13)16(14)25/h2-9,23H,1H3,(H,24,27). The number of halogens is 3. The maximum Gasteiger partial charge on any atom is 0.276 e. The van der Waals surface area contributed by atoms with Gasteiger partial charge < -0.3 is 15.4 Å². The fraction of sp³-hybridized carbons (Fsp3) is 0.105. The highest BCUT2D eigenvalue weighted by molar-refractivity contribution is 6.76. The van der Waals surface area contributed by atoms with Gasteiger partial charge in [0, 0.05) is 16.8 Å². The molecule has 0 saturated carbocycles. The third kappa shape index (κ3) is 3.99. The molecule has 144 valence electrons. The summed E-state index contributed by atoms with van der Waals surface area (Å²) in [5.41, 5.74) is 0.423. The minimum Gasteiger partial charge on any atom is -0.497 e. The van der Waals surface area contributed by atoms with Crippen LogP contribution in [0.5, 0.6) is 5.75 Å². The zero-order chi connectivity index (χ0) is 20.5. The lowest BCUT2D eigenvalue weighted by Crippen LogP contribution is -2.40. The van der Waals surface area contributed by atoms with Gasteiger partial charge in [-0.05, 0) is 24.3 Å². The molecule has 1 aliphatic rings. The second-order valence-electron chi connectivity index (χ2n) is 5.76. The van der Waals surface area contributed by atoms with Gasteiger partial charge in [0.05, 0.1) is 7.11 Å². The van der Waals surface area contributed by atoms with Crippen molar-refractivity contribution in [2.24, 2.45) is 0 Å². The first-order chi connectivity index (χ1) is 13.2. The van der Waals surface area contributed by atoms with Crippen LogP contribution in [0, 0.1) is 0 Å². The summed E-state index contributed by atoms with van der Waals surface area (Å²) in [4.78, 5) is 38.0. The van der Waals surface area contributed by atoms with E-state index in [-0.39, 0.29) is 22.5 Å². The lowest BCUT2D eigenvalue weighted by molar-refractivity contribution is -0.119. The van der Waals surface area contributed by atoms with Crippen LogP contribution in [0.4, 0.5) is 5.69 Å². The first-order valence-corrected chi connectivity index (χ1v) is 9.07. The van der Waals surface area contributed by atoms with Crippen LogP contribution >= 0.6 is 34.8 Å². The van der Waals surface area contributed by atoms with Gasteiger partial charge in [-0.1, -0.05) is 59.1 Å². The van der Waals surface area contributed by atoms with Crippen LogP contribution in [0.15, 0.2) is 59.9 Å². The monoisotopic (exact) mass is 438 g/mol. The Kier molecular flexibility index (Phi) is 5.65. The Morgan fingerprint density at radius 3 is 1.93 bits per heavy atom. The number of ether oxygens (including phenoxy) is 1. The van der Waals surface area contributed by atoms with E-state index in [0.717, 1.165) is 0 Å². The van der Waals surface area contributed by atoms with E-state index in [1.807, 2.05) is 0 Å². The number of hydrogen-bond acceptors (Lipinski definition) is 5. The number of ketones is 2. The van der Waals surface area contributed by atoms with E-state index in [9.17, 15) is 14.4 Å². The maximum atomic E-state index is 13.0. The van der Waals surface area contributed by atoms with Crippen molar-refractivity contribution in [1.82, 2.24) is 5.32 Å². The van der Waals surface area contributed by atoms with Gasteiger partial charge in [0.2, 0.25) is 11.6 Å². The maximum absolute atomic E-state index is 13.0. The molecular weight excluding hydrogens is 427 g/mol. The summed E-state index contributed by atoms with van der Waals surface area (Å²) >= 11 is 16.8. The van der Waals surface area contributed by atoms with Crippen molar-refractivity contribution in [3.63, 3.8) is 0 Å². The van der Waals surface area contributed by atoms with Crippen LogP contribution in [-0.2, 0) is 4.79 Å². The molecule has 0 aromatic heterocycles. The number of anilines is 1. The summed E-state index contributed by atoms with van der Waals surface area (Å²) in [5.74, 6) is -1.50. The highest BCUT2D eigenvalue weighted by Crippen LogP contribution is 2.30. The number of alkyl halides is 3. The van der Waals surface area contributed by atoms with Crippen LogP contribution in [0.1, 0.15) is 20.7 Å². The first-order valence-electron chi connectivity index (χ1n) is 7.94. The van der Waals surface area contributed by atoms with E-state index < -0.39 is 21.3 Å². The Morgan fingerprint density at radius 1 is 0.893 bits per heavy atom. The van der Waals surface area contributed by atoms with Gasteiger partial charge in [0.1, 0.15) is 17.1 Å². The Balaban J connectivity index is 2.07. The van der Waals surface area contributed by atoms with E-state index in [1.54, 1.807) is 36.4 Å². The van der Waals surface area contributed by atoms with E-state index in [4.69, 9.17) is 39.5 Å². The summed E-state index contributed by atoms with van der Waals surface area (Å²) < 4.78 is 2.79. The number of hydrogen-bond donors (Lipinski definition) is 2. The van der Waals surface area contributed by atoms with Crippen molar-refractivity contribution in [1.29, 1.82) is 0 Å². The van der Waals surface area contributed by atoms with Gasteiger partial charge in [-0.3, -0.25) is 14.4 Å². The Bertz CT molecular complexity index is 995. The van der Waals surface area contributed by atoms with Crippen LogP contribution in [-0.4, -0.2) is 28.4 Å². The third-order valence-electron chi connectivity index (χ3n) is 3.98. The summed E-state index contributed by atoms with van der Waals surface area (Å²) in [5, 5.41) is 5.13. The van der Waals surface area contributed by atoms with Crippen LogP contribution in [0.25, 0.3) is 0 Å². The average molecular weight is 440 g/mol. The molecule has 0 atom stereocenters. The summed E-state index contributed by atoms with van der Waals surface area (Å²) in [6, 6.07) is 12.9. The normalized spacial score (nSPS) is 13.9. The van der Waals surface area contributed by atoms with Crippen LogP contribution < -0.4 is 15.4 Å². The zero-order valence-corrected chi connectivity index (χ0v) is 16.7. The first kappa shape index (κ1) is 20.2. The molecule has 2 aromatic carbocycles. The number of amides is 1. The molecule has 0 fully saturated rings. The summed E-state index contributed by atoms with van der Waals surface area (Å²) in [6.45, 7) is 0. The van der Waals surface area contributed by atoms with Gasteiger partial charge in [-0.15, -0.1) is 0 Å². The van der Waals surface area contributed by atoms with Crippen molar-refractivity contribution < 1.29 is 19.1 Å². The molecule has 0 heterocycles. The van der Waals surface area contributed by atoms with Gasteiger partial charge in [0.25, 0.3) is 9.70 Å². The lowest BCUT2D eigenvalue weighted by Gasteiger charge is -2.23. The molecule has 0 bridgehead atoms. The molecular formula is C19H13Cl3N2O4. The Morgan fingerprint density at radius 2 is 1.43 bits per heavy atom. The van der Waals surface area contributed by atoms with Crippen LogP contribution in [0.2, 0.25) is 0 Å². The fourth-order valence-corrected chi connectivity index (χ4v) is 2.76. The van der Waals surface area contributed by atoms with E-state index in [1.165, 1.54) is 19.2 Å². The minimum absolute atomic E-state index is 0.128. The second kappa shape index (κ2) is 7.83. The lowest BCUT2D eigenvalue weighted by atomic mass is 9.90. The topological polar surface area (TPSA) is 84.5 Å². The molecule has 2 aromatic rings. The highest BCUT2D eigenvalue weighted by Gasteiger charge is 2.37. The SMILES string of the molecule is COc1ccc(NC2=C(NC(=O)C(Cl)(Cl)Cl)C(=O)c3ccccc3C2=O)cc1. The minimum atomic E-state index is -2.31. The quantitative estimate of drug-likeness (QED) is 0.706. The smallest absolute Gasteiger partial charge is 0.276 e. The van der Waals surface area contributed by atoms with Crippen molar-refractivity contribution in [2.45, 2.75) is 3.79 Å². The number of carbonyl (C=O) groups is 3. The van der Waals surface area contributed by atoms with Crippen molar-refractivity contribution >= 4 is 58.0 Å². The number of fused-ring (bicyclic) bond motifs is 1. The molecule has 1 aliphatic carbocycles.